The van der Waals surface area contributed by atoms with Crippen LogP contribution in [0.5, 0.6) is 0 Å². The van der Waals surface area contributed by atoms with E-state index in [9.17, 15) is 4.79 Å². The summed E-state index contributed by atoms with van der Waals surface area (Å²) in [5.41, 5.74) is 0.115. The van der Waals surface area contributed by atoms with Gasteiger partial charge in [0.2, 0.25) is 0 Å². The van der Waals surface area contributed by atoms with Crippen LogP contribution in [0.15, 0.2) is 6.20 Å². The normalized spacial score (nSPS) is 10.0. The fourth-order valence-corrected chi connectivity index (χ4v) is 0.932. The van der Waals surface area contributed by atoms with Crippen molar-refractivity contribution in [3.05, 3.63) is 17.7 Å². The summed E-state index contributed by atoms with van der Waals surface area (Å²) in [6, 6.07) is 0. The summed E-state index contributed by atoms with van der Waals surface area (Å²) >= 11 is 0. The molecule has 1 rings (SSSR count). The fraction of sp³-hybridized carbons (Fsp3) is 0.429. The molecule has 0 fully saturated rings. The molecule has 0 aromatic carbocycles. The Kier molecular flexibility index (Phi) is 1.94. The molecular formula is C7H10N2O2. The molecule has 0 unspecified atom stereocenters. The number of carboxylic acids is 1. The Balaban J connectivity index is 3.05. The lowest BCUT2D eigenvalue weighted by Crippen LogP contribution is -1.95. The predicted octanol–water partition coefficient (Wildman–Crippen LogP) is 0.910. The van der Waals surface area contributed by atoms with Gasteiger partial charge < -0.3 is 9.67 Å². The zero-order valence-corrected chi connectivity index (χ0v) is 6.53. The monoisotopic (exact) mass is 154 g/mol. The third-order valence-corrected chi connectivity index (χ3v) is 1.54. The Labute approximate surface area is 64.5 Å². The van der Waals surface area contributed by atoms with Crippen LogP contribution in [0, 0.1) is 6.92 Å². The molecule has 1 aromatic heterocycles. The molecule has 0 spiro atoms. The number of aryl methyl sites for hydroxylation is 2. The van der Waals surface area contributed by atoms with Crippen molar-refractivity contribution >= 4 is 5.97 Å². The molecule has 0 aliphatic rings. The van der Waals surface area contributed by atoms with Gasteiger partial charge in [-0.25, -0.2) is 9.78 Å². The van der Waals surface area contributed by atoms with Gasteiger partial charge in [0.25, 0.3) is 0 Å². The number of carbonyl (C=O) groups is 1. The average Bonchev–Trinajstić information content (AvgIpc) is 2.31. The number of rotatable bonds is 2. The van der Waals surface area contributed by atoms with Gasteiger partial charge in [-0.15, -0.1) is 0 Å². The number of aromatic carboxylic acids is 1. The Hall–Kier alpha value is -1.32. The molecule has 11 heavy (non-hydrogen) atoms. The molecule has 0 saturated heterocycles. The number of hydrogen-bond donors (Lipinski definition) is 1. The van der Waals surface area contributed by atoms with Crippen LogP contribution in [0.1, 0.15) is 23.2 Å². The van der Waals surface area contributed by atoms with Crippen molar-refractivity contribution in [3.8, 4) is 0 Å². The van der Waals surface area contributed by atoms with Crippen molar-refractivity contribution in [1.29, 1.82) is 0 Å². The maximum Gasteiger partial charge on any atom is 0.356 e. The van der Waals surface area contributed by atoms with E-state index < -0.39 is 5.97 Å². The molecule has 4 heteroatoms. The summed E-state index contributed by atoms with van der Waals surface area (Å²) in [4.78, 5) is 14.3. The fourth-order valence-electron chi connectivity index (χ4n) is 0.932. The first kappa shape index (κ1) is 7.78. The van der Waals surface area contributed by atoms with E-state index in [4.69, 9.17) is 5.11 Å². The lowest BCUT2D eigenvalue weighted by Gasteiger charge is -1.95. The van der Waals surface area contributed by atoms with E-state index in [-0.39, 0.29) is 5.69 Å². The molecule has 0 radical (unpaired) electrons. The Bertz CT molecular complexity index is 278. The highest BCUT2D eigenvalue weighted by Crippen LogP contribution is 2.01. The van der Waals surface area contributed by atoms with Gasteiger partial charge in [0, 0.05) is 12.7 Å². The van der Waals surface area contributed by atoms with Crippen molar-refractivity contribution in [2.45, 2.75) is 20.4 Å². The molecule has 0 atom stereocenters. The highest BCUT2D eigenvalue weighted by molar-refractivity contribution is 5.85. The highest BCUT2D eigenvalue weighted by Gasteiger charge is 2.08. The van der Waals surface area contributed by atoms with Crippen LogP contribution in [-0.2, 0) is 6.54 Å². The van der Waals surface area contributed by atoms with E-state index in [1.807, 2.05) is 6.92 Å². The van der Waals surface area contributed by atoms with Crippen molar-refractivity contribution < 1.29 is 9.90 Å². The molecule has 0 bridgehead atoms. The van der Waals surface area contributed by atoms with E-state index in [0.29, 0.717) is 0 Å². The van der Waals surface area contributed by atoms with Gasteiger partial charge in [-0.3, -0.25) is 0 Å². The van der Waals surface area contributed by atoms with Crippen LogP contribution < -0.4 is 0 Å². The molecule has 60 valence electrons. The molecule has 0 saturated carbocycles. The maximum atomic E-state index is 10.4. The molecule has 0 amide bonds. The van der Waals surface area contributed by atoms with Crippen molar-refractivity contribution in [3.63, 3.8) is 0 Å². The number of nitrogens with zero attached hydrogens (tertiary/aromatic N) is 2. The van der Waals surface area contributed by atoms with Gasteiger partial charge in [-0.2, -0.15) is 0 Å². The van der Waals surface area contributed by atoms with Crippen LogP contribution >= 0.6 is 0 Å². The Morgan fingerprint density at radius 1 is 1.82 bits per heavy atom. The number of hydrogen-bond acceptors (Lipinski definition) is 2. The summed E-state index contributed by atoms with van der Waals surface area (Å²) in [7, 11) is 0. The van der Waals surface area contributed by atoms with Gasteiger partial charge in [0.1, 0.15) is 5.82 Å². The van der Waals surface area contributed by atoms with Crippen molar-refractivity contribution in [2.24, 2.45) is 0 Å². The first-order valence-electron chi connectivity index (χ1n) is 3.42. The molecule has 1 heterocycles. The van der Waals surface area contributed by atoms with Crippen LogP contribution in [0.25, 0.3) is 0 Å². The molecule has 0 aliphatic carbocycles. The molecule has 0 aliphatic heterocycles. The quantitative estimate of drug-likeness (QED) is 0.688. The van der Waals surface area contributed by atoms with Gasteiger partial charge >= 0.3 is 5.97 Å². The summed E-state index contributed by atoms with van der Waals surface area (Å²) in [5.74, 6) is -0.231. The first-order valence-corrected chi connectivity index (χ1v) is 3.42. The van der Waals surface area contributed by atoms with Crippen molar-refractivity contribution in [2.75, 3.05) is 0 Å². The van der Waals surface area contributed by atoms with E-state index >= 15 is 0 Å². The summed E-state index contributed by atoms with van der Waals surface area (Å²) in [6.07, 6.45) is 1.54. The van der Waals surface area contributed by atoms with Crippen LogP contribution in [0.3, 0.4) is 0 Å². The second-order valence-electron chi connectivity index (χ2n) is 2.26. The standard InChI is InChI=1S/C7H10N2O2/c1-3-9-4-6(7(10)11)8-5(9)2/h4H,3H2,1-2H3,(H,10,11). The smallest absolute Gasteiger partial charge is 0.356 e. The minimum Gasteiger partial charge on any atom is -0.476 e. The highest BCUT2D eigenvalue weighted by atomic mass is 16.4. The third-order valence-electron chi connectivity index (χ3n) is 1.54. The molecule has 1 aromatic rings. The van der Waals surface area contributed by atoms with E-state index in [2.05, 4.69) is 4.98 Å². The van der Waals surface area contributed by atoms with Gasteiger partial charge in [-0.05, 0) is 13.8 Å². The van der Waals surface area contributed by atoms with E-state index in [1.54, 1.807) is 11.5 Å². The predicted molar refractivity (Wildman–Crippen MR) is 39.6 cm³/mol. The zero-order valence-electron chi connectivity index (χ0n) is 6.53. The summed E-state index contributed by atoms with van der Waals surface area (Å²) in [6.45, 7) is 4.49. The second-order valence-corrected chi connectivity index (χ2v) is 2.26. The van der Waals surface area contributed by atoms with Gasteiger partial charge in [0.05, 0.1) is 0 Å². The minimum atomic E-state index is -0.972. The van der Waals surface area contributed by atoms with Gasteiger partial charge in [0.15, 0.2) is 5.69 Å². The summed E-state index contributed by atoms with van der Waals surface area (Å²) in [5, 5.41) is 8.54. The second kappa shape index (κ2) is 2.74. The lowest BCUT2D eigenvalue weighted by molar-refractivity contribution is 0.0691. The molecule has 1 N–H and O–H groups in total. The van der Waals surface area contributed by atoms with E-state index in [0.717, 1.165) is 12.4 Å². The number of carboxylic acid groups (broad SMARTS) is 1. The van der Waals surface area contributed by atoms with Crippen molar-refractivity contribution in [1.82, 2.24) is 9.55 Å². The minimum absolute atomic E-state index is 0.115. The topological polar surface area (TPSA) is 55.1 Å². The molecule has 4 nitrogen and oxygen atoms in total. The number of imidazole rings is 1. The average molecular weight is 154 g/mol. The number of aromatic nitrogens is 2. The molecular weight excluding hydrogens is 144 g/mol. The van der Waals surface area contributed by atoms with Crippen LogP contribution in [0.4, 0.5) is 0 Å². The maximum absolute atomic E-state index is 10.4. The largest absolute Gasteiger partial charge is 0.476 e. The van der Waals surface area contributed by atoms with E-state index in [1.165, 1.54) is 6.20 Å². The van der Waals surface area contributed by atoms with Gasteiger partial charge in [-0.1, -0.05) is 0 Å². The SMILES string of the molecule is CCn1cc(C(=O)O)nc1C. The zero-order chi connectivity index (χ0) is 8.43. The Morgan fingerprint density at radius 3 is 2.73 bits per heavy atom. The Morgan fingerprint density at radius 2 is 2.45 bits per heavy atom. The third kappa shape index (κ3) is 1.39. The van der Waals surface area contributed by atoms with Crippen LogP contribution in [-0.4, -0.2) is 20.6 Å². The summed E-state index contributed by atoms with van der Waals surface area (Å²) < 4.78 is 1.80. The first-order chi connectivity index (χ1) is 5.15. The van der Waals surface area contributed by atoms with Crippen LogP contribution in [0.2, 0.25) is 0 Å². The lowest BCUT2D eigenvalue weighted by atomic mass is 10.5.